The van der Waals surface area contributed by atoms with E-state index in [4.69, 9.17) is 10.8 Å². The van der Waals surface area contributed by atoms with Crippen LogP contribution in [-0.2, 0) is 0 Å². The molecule has 2 nitrogen and oxygen atoms in total. The lowest BCUT2D eigenvalue weighted by Crippen LogP contribution is -2.10. The first kappa shape index (κ1) is 9.19. The second-order valence-electron chi connectivity index (χ2n) is 2.30. The number of hydrogen-bond acceptors (Lipinski definition) is 3. The maximum atomic E-state index is 8.62. The Balaban J connectivity index is 2.60. The fourth-order valence-electron chi connectivity index (χ4n) is 0.824. The molecular weight excluding hydrogens is 226 g/mol. The summed E-state index contributed by atoms with van der Waals surface area (Å²) in [7, 11) is 0. The summed E-state index contributed by atoms with van der Waals surface area (Å²) in [5, 5.41) is 10.6. The first-order valence-corrected chi connectivity index (χ1v) is 5.01. The van der Waals surface area contributed by atoms with Crippen molar-refractivity contribution < 1.29 is 5.11 Å². The van der Waals surface area contributed by atoms with E-state index in [1.807, 2.05) is 11.4 Å². The number of hydrogen-bond donors (Lipinski definition) is 2. The van der Waals surface area contributed by atoms with Crippen molar-refractivity contribution in [3.63, 3.8) is 0 Å². The molecule has 1 atom stereocenters. The van der Waals surface area contributed by atoms with Gasteiger partial charge in [-0.15, -0.1) is 11.3 Å². The largest absolute Gasteiger partial charge is 0.396 e. The minimum Gasteiger partial charge on any atom is -0.396 e. The van der Waals surface area contributed by atoms with E-state index < -0.39 is 0 Å². The number of rotatable bonds is 3. The van der Waals surface area contributed by atoms with Crippen LogP contribution in [0.2, 0.25) is 0 Å². The molecule has 3 N–H and O–H groups in total. The Morgan fingerprint density at radius 2 is 2.45 bits per heavy atom. The number of halogens is 1. The van der Waals surface area contributed by atoms with Crippen LogP contribution >= 0.6 is 27.3 Å². The molecule has 4 heteroatoms. The Morgan fingerprint density at radius 3 is 2.91 bits per heavy atom. The molecular formula is C7H10BrNOS. The zero-order valence-electron chi connectivity index (χ0n) is 5.96. The van der Waals surface area contributed by atoms with Crippen molar-refractivity contribution in [3.8, 4) is 0 Å². The molecule has 0 aromatic carbocycles. The number of aliphatic hydroxyl groups is 1. The third-order valence-electron chi connectivity index (χ3n) is 1.46. The summed E-state index contributed by atoms with van der Waals surface area (Å²) < 4.78 is 1.08. The lowest BCUT2D eigenvalue weighted by Gasteiger charge is -2.05. The fourth-order valence-corrected chi connectivity index (χ4v) is 2.06. The van der Waals surface area contributed by atoms with Crippen LogP contribution in [0.5, 0.6) is 0 Å². The third kappa shape index (κ3) is 2.56. The summed E-state index contributed by atoms with van der Waals surface area (Å²) in [5.74, 6) is 0. The Labute approximate surface area is 78.2 Å². The molecule has 0 saturated carbocycles. The second-order valence-corrected chi connectivity index (χ2v) is 4.59. The normalized spacial score (nSPS) is 13.4. The molecule has 1 aromatic heterocycles. The second kappa shape index (κ2) is 4.21. The summed E-state index contributed by atoms with van der Waals surface area (Å²) in [6, 6.07) is 1.97. The smallest absolute Gasteiger partial charge is 0.0701 e. The highest BCUT2D eigenvalue weighted by molar-refractivity contribution is 9.11. The van der Waals surface area contributed by atoms with Gasteiger partial charge in [0.1, 0.15) is 0 Å². The van der Waals surface area contributed by atoms with Gasteiger partial charge >= 0.3 is 0 Å². The Hall–Kier alpha value is 0.100. The van der Waals surface area contributed by atoms with Gasteiger partial charge < -0.3 is 10.8 Å². The summed E-state index contributed by atoms with van der Waals surface area (Å²) >= 11 is 4.97. The first-order chi connectivity index (χ1) is 5.24. The number of thiophene rings is 1. The van der Waals surface area contributed by atoms with Crippen molar-refractivity contribution >= 4 is 27.3 Å². The fraction of sp³-hybridized carbons (Fsp3) is 0.429. The van der Waals surface area contributed by atoms with Crippen LogP contribution in [0.4, 0.5) is 0 Å². The number of aliphatic hydroxyl groups excluding tert-OH is 1. The van der Waals surface area contributed by atoms with E-state index in [1.54, 1.807) is 11.3 Å². The van der Waals surface area contributed by atoms with E-state index in [0.717, 1.165) is 9.35 Å². The van der Waals surface area contributed by atoms with E-state index in [1.165, 1.54) is 0 Å². The van der Waals surface area contributed by atoms with Crippen LogP contribution in [0.3, 0.4) is 0 Å². The maximum absolute atomic E-state index is 8.62. The minimum absolute atomic E-state index is 0.0254. The zero-order chi connectivity index (χ0) is 8.27. The predicted molar refractivity (Wildman–Crippen MR) is 50.7 cm³/mol. The predicted octanol–water partition coefficient (Wildman–Crippen LogP) is 1.89. The van der Waals surface area contributed by atoms with Crippen LogP contribution in [0.15, 0.2) is 15.2 Å². The van der Waals surface area contributed by atoms with Gasteiger partial charge in [-0.1, -0.05) is 0 Å². The molecule has 0 radical (unpaired) electrons. The quantitative estimate of drug-likeness (QED) is 0.841. The van der Waals surface area contributed by atoms with Gasteiger partial charge in [0, 0.05) is 12.6 Å². The Morgan fingerprint density at radius 1 is 1.73 bits per heavy atom. The van der Waals surface area contributed by atoms with Gasteiger partial charge in [0.25, 0.3) is 0 Å². The molecule has 62 valence electrons. The summed E-state index contributed by atoms with van der Waals surface area (Å²) in [6.45, 7) is 0.147. The number of nitrogens with two attached hydrogens (primary N) is 1. The summed E-state index contributed by atoms with van der Waals surface area (Å²) in [6.07, 6.45) is 0.628. The van der Waals surface area contributed by atoms with Gasteiger partial charge in [-0.2, -0.15) is 0 Å². The van der Waals surface area contributed by atoms with Crippen molar-refractivity contribution in [2.24, 2.45) is 5.73 Å². The van der Waals surface area contributed by atoms with Crippen molar-refractivity contribution in [2.75, 3.05) is 6.61 Å². The van der Waals surface area contributed by atoms with E-state index in [0.29, 0.717) is 6.42 Å². The first-order valence-electron chi connectivity index (χ1n) is 3.34. The van der Waals surface area contributed by atoms with Gasteiger partial charge in [-0.05, 0) is 39.4 Å². The molecule has 0 aliphatic carbocycles. The Bertz CT molecular complexity index is 226. The third-order valence-corrected chi connectivity index (χ3v) is 2.98. The molecule has 0 aliphatic heterocycles. The van der Waals surface area contributed by atoms with Crippen molar-refractivity contribution in [1.29, 1.82) is 0 Å². The van der Waals surface area contributed by atoms with Crippen LogP contribution in [0.25, 0.3) is 0 Å². The standard InChI is InChI=1S/C7H10BrNOS/c8-7-3-5(4-11-7)6(9)1-2-10/h3-4,6,10H,1-2,9H2/t6-/m0/s1. The molecule has 1 heterocycles. The van der Waals surface area contributed by atoms with Gasteiger partial charge in [0.05, 0.1) is 3.79 Å². The van der Waals surface area contributed by atoms with Crippen LogP contribution < -0.4 is 5.73 Å². The van der Waals surface area contributed by atoms with E-state index in [-0.39, 0.29) is 12.6 Å². The molecule has 1 rings (SSSR count). The molecule has 0 saturated heterocycles. The van der Waals surface area contributed by atoms with Crippen LogP contribution in [0, 0.1) is 0 Å². The molecule has 1 aromatic rings. The van der Waals surface area contributed by atoms with Gasteiger partial charge in [0.15, 0.2) is 0 Å². The maximum Gasteiger partial charge on any atom is 0.0701 e. The molecule has 0 aliphatic rings. The summed E-state index contributed by atoms with van der Waals surface area (Å²) in [5.41, 5.74) is 6.84. The van der Waals surface area contributed by atoms with Crippen LogP contribution in [0.1, 0.15) is 18.0 Å². The molecule has 0 spiro atoms. The molecule has 11 heavy (non-hydrogen) atoms. The molecule has 0 unspecified atom stereocenters. The monoisotopic (exact) mass is 235 g/mol. The lowest BCUT2D eigenvalue weighted by molar-refractivity contribution is 0.276. The molecule has 0 fully saturated rings. The van der Waals surface area contributed by atoms with Crippen molar-refractivity contribution in [1.82, 2.24) is 0 Å². The van der Waals surface area contributed by atoms with E-state index in [9.17, 15) is 0 Å². The van der Waals surface area contributed by atoms with Gasteiger partial charge in [-0.25, -0.2) is 0 Å². The SMILES string of the molecule is N[C@@H](CCO)c1csc(Br)c1. The average molecular weight is 236 g/mol. The van der Waals surface area contributed by atoms with Crippen molar-refractivity contribution in [2.45, 2.75) is 12.5 Å². The summed E-state index contributed by atoms with van der Waals surface area (Å²) in [4.78, 5) is 0. The molecule has 0 amide bonds. The van der Waals surface area contributed by atoms with E-state index in [2.05, 4.69) is 15.9 Å². The molecule has 0 bridgehead atoms. The highest BCUT2D eigenvalue weighted by Gasteiger charge is 2.06. The van der Waals surface area contributed by atoms with Crippen molar-refractivity contribution in [3.05, 3.63) is 20.8 Å². The van der Waals surface area contributed by atoms with Gasteiger partial charge in [0.2, 0.25) is 0 Å². The lowest BCUT2D eigenvalue weighted by atomic mass is 10.1. The highest BCUT2D eigenvalue weighted by Crippen LogP contribution is 2.25. The minimum atomic E-state index is -0.0254. The van der Waals surface area contributed by atoms with Crippen LogP contribution in [-0.4, -0.2) is 11.7 Å². The zero-order valence-corrected chi connectivity index (χ0v) is 8.36. The average Bonchev–Trinajstić information content (AvgIpc) is 2.36. The topological polar surface area (TPSA) is 46.2 Å². The van der Waals surface area contributed by atoms with E-state index >= 15 is 0 Å². The Kier molecular flexibility index (Phi) is 3.51. The van der Waals surface area contributed by atoms with Gasteiger partial charge in [-0.3, -0.25) is 0 Å². The highest BCUT2D eigenvalue weighted by atomic mass is 79.9.